The molecule has 1 unspecified atom stereocenters. The Labute approximate surface area is 84.6 Å². The van der Waals surface area contributed by atoms with Crippen molar-refractivity contribution in [1.29, 1.82) is 5.26 Å². The van der Waals surface area contributed by atoms with Crippen molar-refractivity contribution in [2.75, 3.05) is 11.9 Å². The Morgan fingerprint density at radius 2 is 2.36 bits per heavy atom. The predicted molar refractivity (Wildman–Crippen MR) is 57.3 cm³/mol. The van der Waals surface area contributed by atoms with Crippen molar-refractivity contribution in [2.45, 2.75) is 25.7 Å². The van der Waals surface area contributed by atoms with E-state index in [9.17, 15) is 0 Å². The molecule has 1 atom stereocenters. The molecule has 0 aliphatic carbocycles. The lowest BCUT2D eigenvalue weighted by Crippen LogP contribution is -2.22. The summed E-state index contributed by atoms with van der Waals surface area (Å²) in [6.45, 7) is 5.41. The molecule has 72 valence electrons. The number of hydrogen-bond donors (Lipinski definition) is 1. The van der Waals surface area contributed by atoms with E-state index in [1.165, 1.54) is 11.3 Å². The molecule has 1 aromatic rings. The van der Waals surface area contributed by atoms with Crippen molar-refractivity contribution in [3.05, 3.63) is 29.3 Å². The Morgan fingerprint density at radius 3 is 3.00 bits per heavy atom. The van der Waals surface area contributed by atoms with Gasteiger partial charge < -0.3 is 5.32 Å². The average Bonchev–Trinajstić information content (AvgIpc) is 2.57. The summed E-state index contributed by atoms with van der Waals surface area (Å²) in [6, 6.07) is 8.08. The molecule has 0 bridgehead atoms. The zero-order chi connectivity index (χ0) is 10.2. The average molecular weight is 186 g/mol. The first kappa shape index (κ1) is 9.08. The number of fused-ring (bicyclic) bond motifs is 1. The molecular formula is C12H14N2. The summed E-state index contributed by atoms with van der Waals surface area (Å²) < 4.78 is 0. The summed E-state index contributed by atoms with van der Waals surface area (Å²) in [7, 11) is 0. The van der Waals surface area contributed by atoms with E-state index < -0.39 is 0 Å². The Balaban J connectivity index is 2.53. The monoisotopic (exact) mass is 186 g/mol. The molecule has 0 radical (unpaired) electrons. The molecule has 0 amide bonds. The molecule has 1 heterocycles. The second-order valence-corrected chi connectivity index (χ2v) is 4.14. The number of nitrogens with one attached hydrogen (secondary N) is 1. The summed E-state index contributed by atoms with van der Waals surface area (Å²) in [6.07, 6.45) is 1.10. The van der Waals surface area contributed by atoms with E-state index in [1.807, 2.05) is 18.2 Å². The quantitative estimate of drug-likeness (QED) is 0.731. The first-order valence-electron chi connectivity index (χ1n) is 4.98. The van der Waals surface area contributed by atoms with Crippen molar-refractivity contribution in [2.24, 2.45) is 0 Å². The summed E-state index contributed by atoms with van der Waals surface area (Å²) in [5, 5.41) is 12.2. The number of hydrogen-bond acceptors (Lipinski definition) is 2. The molecule has 1 N–H and O–H groups in total. The highest BCUT2D eigenvalue weighted by Gasteiger charge is 2.32. The normalized spacial score (nSPS) is 23.8. The third-order valence-corrected chi connectivity index (χ3v) is 3.25. The van der Waals surface area contributed by atoms with Crippen LogP contribution in [-0.4, -0.2) is 6.54 Å². The minimum atomic E-state index is 0.197. The van der Waals surface area contributed by atoms with Crippen LogP contribution in [0.2, 0.25) is 0 Å². The molecule has 0 spiro atoms. The van der Waals surface area contributed by atoms with E-state index in [4.69, 9.17) is 5.26 Å². The fraction of sp³-hybridized carbons (Fsp3) is 0.417. The van der Waals surface area contributed by atoms with Gasteiger partial charge in [-0.05, 0) is 30.2 Å². The molecule has 0 aromatic heterocycles. The van der Waals surface area contributed by atoms with Crippen LogP contribution in [0.25, 0.3) is 0 Å². The van der Waals surface area contributed by atoms with E-state index in [1.54, 1.807) is 0 Å². The Kier molecular flexibility index (Phi) is 1.96. The van der Waals surface area contributed by atoms with E-state index in [2.05, 4.69) is 25.2 Å². The lowest BCUT2D eigenvalue weighted by atomic mass is 9.81. The molecular weight excluding hydrogens is 172 g/mol. The van der Waals surface area contributed by atoms with E-state index in [-0.39, 0.29) is 5.41 Å². The predicted octanol–water partition coefficient (Wildman–Crippen LogP) is 2.65. The lowest BCUT2D eigenvalue weighted by Gasteiger charge is -2.21. The fourth-order valence-corrected chi connectivity index (χ4v) is 1.97. The molecule has 0 saturated heterocycles. The van der Waals surface area contributed by atoms with Gasteiger partial charge in [0, 0.05) is 17.6 Å². The van der Waals surface area contributed by atoms with Gasteiger partial charge in [-0.2, -0.15) is 5.26 Å². The van der Waals surface area contributed by atoms with Crippen LogP contribution in [0, 0.1) is 11.3 Å². The summed E-state index contributed by atoms with van der Waals surface area (Å²) in [5.41, 5.74) is 3.43. The summed E-state index contributed by atoms with van der Waals surface area (Å²) in [4.78, 5) is 0. The molecule has 0 saturated carbocycles. The first-order valence-corrected chi connectivity index (χ1v) is 4.98. The van der Waals surface area contributed by atoms with Gasteiger partial charge in [-0.3, -0.25) is 0 Å². The maximum atomic E-state index is 8.84. The van der Waals surface area contributed by atoms with Crippen LogP contribution < -0.4 is 5.32 Å². The number of benzene rings is 1. The minimum Gasteiger partial charge on any atom is -0.384 e. The smallest absolute Gasteiger partial charge is 0.0991 e. The number of anilines is 1. The molecule has 1 aliphatic rings. The lowest BCUT2D eigenvalue weighted by molar-refractivity contribution is 0.504. The molecule has 2 heteroatoms. The number of nitrogens with zero attached hydrogens (tertiary/aromatic N) is 1. The van der Waals surface area contributed by atoms with Gasteiger partial charge in [0.1, 0.15) is 0 Å². The fourth-order valence-electron chi connectivity index (χ4n) is 1.97. The van der Waals surface area contributed by atoms with Crippen molar-refractivity contribution < 1.29 is 0 Å². The summed E-state index contributed by atoms with van der Waals surface area (Å²) in [5.74, 6) is 0. The van der Waals surface area contributed by atoms with Gasteiger partial charge in [-0.25, -0.2) is 0 Å². The standard InChI is InChI=1S/C12H14N2/c1-3-12(2)8-14-11-5-4-9(7-13)6-10(11)12/h4-6,14H,3,8H2,1-2H3. The zero-order valence-corrected chi connectivity index (χ0v) is 8.59. The number of rotatable bonds is 1. The second kappa shape index (κ2) is 3.02. The Morgan fingerprint density at radius 1 is 1.57 bits per heavy atom. The molecule has 2 rings (SSSR count). The van der Waals surface area contributed by atoms with E-state index >= 15 is 0 Å². The minimum absolute atomic E-state index is 0.197. The van der Waals surface area contributed by atoms with Gasteiger partial charge >= 0.3 is 0 Å². The van der Waals surface area contributed by atoms with Crippen LogP contribution in [0.3, 0.4) is 0 Å². The molecule has 1 aliphatic heterocycles. The Bertz CT molecular complexity index is 403. The third-order valence-electron chi connectivity index (χ3n) is 3.25. The van der Waals surface area contributed by atoms with E-state index in [0.29, 0.717) is 0 Å². The SMILES string of the molecule is CCC1(C)CNc2ccc(C#N)cc21. The van der Waals surface area contributed by atoms with Crippen molar-refractivity contribution >= 4 is 5.69 Å². The first-order chi connectivity index (χ1) is 6.69. The van der Waals surface area contributed by atoms with Gasteiger partial charge in [0.05, 0.1) is 11.6 Å². The van der Waals surface area contributed by atoms with Gasteiger partial charge in [0.25, 0.3) is 0 Å². The molecule has 1 aromatic carbocycles. The van der Waals surface area contributed by atoms with Crippen LogP contribution in [0.1, 0.15) is 31.4 Å². The van der Waals surface area contributed by atoms with Crippen LogP contribution in [0.4, 0.5) is 5.69 Å². The summed E-state index contributed by atoms with van der Waals surface area (Å²) >= 11 is 0. The van der Waals surface area contributed by atoms with Gasteiger partial charge in [-0.1, -0.05) is 13.8 Å². The maximum Gasteiger partial charge on any atom is 0.0991 e. The molecule has 2 nitrogen and oxygen atoms in total. The van der Waals surface area contributed by atoms with Crippen LogP contribution in [0.15, 0.2) is 18.2 Å². The van der Waals surface area contributed by atoms with Gasteiger partial charge in [-0.15, -0.1) is 0 Å². The zero-order valence-electron chi connectivity index (χ0n) is 8.59. The highest BCUT2D eigenvalue weighted by Crippen LogP contribution is 2.39. The Hall–Kier alpha value is -1.49. The van der Waals surface area contributed by atoms with Crippen LogP contribution in [0.5, 0.6) is 0 Å². The van der Waals surface area contributed by atoms with Crippen molar-refractivity contribution in [3.63, 3.8) is 0 Å². The highest BCUT2D eigenvalue weighted by atomic mass is 14.9. The van der Waals surface area contributed by atoms with Gasteiger partial charge in [0.2, 0.25) is 0 Å². The number of nitriles is 1. The second-order valence-electron chi connectivity index (χ2n) is 4.14. The van der Waals surface area contributed by atoms with Crippen LogP contribution in [-0.2, 0) is 5.41 Å². The topological polar surface area (TPSA) is 35.8 Å². The van der Waals surface area contributed by atoms with Gasteiger partial charge in [0.15, 0.2) is 0 Å². The maximum absolute atomic E-state index is 8.84. The highest BCUT2D eigenvalue weighted by molar-refractivity contribution is 5.62. The molecule has 0 fully saturated rings. The molecule has 14 heavy (non-hydrogen) atoms. The van der Waals surface area contributed by atoms with Crippen molar-refractivity contribution in [1.82, 2.24) is 0 Å². The largest absolute Gasteiger partial charge is 0.384 e. The van der Waals surface area contributed by atoms with E-state index in [0.717, 1.165) is 18.5 Å². The third kappa shape index (κ3) is 1.17. The van der Waals surface area contributed by atoms with Crippen LogP contribution >= 0.6 is 0 Å². The van der Waals surface area contributed by atoms with Crippen molar-refractivity contribution in [3.8, 4) is 6.07 Å².